The smallest absolute Gasteiger partial charge is 0.213 e. The highest BCUT2D eigenvalue weighted by molar-refractivity contribution is 14.0. The van der Waals surface area contributed by atoms with Gasteiger partial charge in [0, 0.05) is 19.2 Å². The molecule has 0 saturated carbocycles. The van der Waals surface area contributed by atoms with E-state index in [9.17, 15) is 4.39 Å². The number of nitrogens with one attached hydrogen (secondary N) is 2. The van der Waals surface area contributed by atoms with Gasteiger partial charge in [0.25, 0.3) is 0 Å². The molecular weight excluding hydrogens is 446 g/mol. The van der Waals surface area contributed by atoms with Crippen molar-refractivity contribution in [3.05, 3.63) is 59.0 Å². The topological polar surface area (TPSA) is 58.5 Å². The van der Waals surface area contributed by atoms with Crippen molar-refractivity contribution < 1.29 is 9.13 Å². The number of guanidine groups is 1. The van der Waals surface area contributed by atoms with Gasteiger partial charge in [0.15, 0.2) is 5.96 Å². The minimum absolute atomic E-state index is 0. The Hall–Kier alpha value is -1.90. The van der Waals surface area contributed by atoms with Crippen molar-refractivity contribution in [3.8, 4) is 5.88 Å². The number of pyridine rings is 1. The minimum Gasteiger partial charge on any atom is -0.481 e. The van der Waals surface area contributed by atoms with Gasteiger partial charge < -0.3 is 15.4 Å². The Labute approximate surface area is 171 Å². The number of hydrogen-bond donors (Lipinski definition) is 2. The summed E-state index contributed by atoms with van der Waals surface area (Å²) in [5.74, 6) is 1.11. The van der Waals surface area contributed by atoms with E-state index in [1.54, 1.807) is 13.2 Å². The number of aliphatic imine (C=N–C) groups is 1. The van der Waals surface area contributed by atoms with Gasteiger partial charge in [-0.15, -0.1) is 24.0 Å². The number of aryl methyl sites for hydroxylation is 1. The van der Waals surface area contributed by atoms with Crippen molar-refractivity contribution in [2.24, 2.45) is 4.99 Å². The summed E-state index contributed by atoms with van der Waals surface area (Å²) in [4.78, 5) is 8.89. The van der Waals surface area contributed by atoms with Gasteiger partial charge in [0.2, 0.25) is 5.88 Å². The Morgan fingerprint density at radius 3 is 2.73 bits per heavy atom. The largest absolute Gasteiger partial charge is 0.481 e. The molecule has 2 rings (SSSR count). The number of rotatable bonds is 7. The SMILES string of the molecule is CCNC(=NCc1cccc(OC)n1)NCCc1ccc(F)cc1C.I. The highest BCUT2D eigenvalue weighted by Crippen LogP contribution is 2.10. The summed E-state index contributed by atoms with van der Waals surface area (Å²) in [6.45, 7) is 5.89. The number of halogens is 2. The number of ether oxygens (including phenoxy) is 1. The second kappa shape index (κ2) is 11.7. The summed E-state index contributed by atoms with van der Waals surface area (Å²) in [6, 6.07) is 10.5. The maximum absolute atomic E-state index is 13.2. The van der Waals surface area contributed by atoms with Crippen LogP contribution in [0.4, 0.5) is 4.39 Å². The lowest BCUT2D eigenvalue weighted by Gasteiger charge is -2.12. The third-order valence-electron chi connectivity index (χ3n) is 3.73. The van der Waals surface area contributed by atoms with Crippen LogP contribution < -0.4 is 15.4 Å². The second-order valence-electron chi connectivity index (χ2n) is 5.61. The first-order valence-corrected chi connectivity index (χ1v) is 8.39. The Kier molecular flexibility index (Phi) is 9.93. The molecule has 2 N–H and O–H groups in total. The molecule has 0 radical (unpaired) electrons. The van der Waals surface area contributed by atoms with Crippen molar-refractivity contribution in [2.45, 2.75) is 26.8 Å². The van der Waals surface area contributed by atoms with Gasteiger partial charge >= 0.3 is 0 Å². The zero-order valence-corrected chi connectivity index (χ0v) is 17.7. The van der Waals surface area contributed by atoms with Crippen molar-refractivity contribution in [1.82, 2.24) is 15.6 Å². The molecule has 0 aliphatic carbocycles. The average molecular weight is 472 g/mol. The van der Waals surface area contributed by atoms with Crippen LogP contribution in [0, 0.1) is 12.7 Å². The van der Waals surface area contributed by atoms with E-state index in [2.05, 4.69) is 20.6 Å². The average Bonchev–Trinajstić information content (AvgIpc) is 2.61. The van der Waals surface area contributed by atoms with Gasteiger partial charge in [-0.3, -0.25) is 0 Å². The van der Waals surface area contributed by atoms with E-state index >= 15 is 0 Å². The first-order chi connectivity index (χ1) is 12.1. The molecule has 0 bridgehead atoms. The van der Waals surface area contributed by atoms with Crippen LogP contribution >= 0.6 is 24.0 Å². The first-order valence-electron chi connectivity index (χ1n) is 8.39. The lowest BCUT2D eigenvalue weighted by Crippen LogP contribution is -2.38. The summed E-state index contributed by atoms with van der Waals surface area (Å²) in [7, 11) is 1.60. The van der Waals surface area contributed by atoms with Gasteiger partial charge in [-0.25, -0.2) is 14.4 Å². The van der Waals surface area contributed by atoms with Gasteiger partial charge in [0.05, 0.1) is 19.3 Å². The van der Waals surface area contributed by atoms with Crippen LogP contribution in [-0.2, 0) is 13.0 Å². The molecule has 0 aliphatic rings. The van der Waals surface area contributed by atoms with Gasteiger partial charge in [0.1, 0.15) is 5.82 Å². The van der Waals surface area contributed by atoms with Crippen molar-refractivity contribution in [2.75, 3.05) is 20.2 Å². The molecular formula is C19H26FIN4O. The van der Waals surface area contributed by atoms with Crippen LogP contribution in [0.25, 0.3) is 0 Å². The lowest BCUT2D eigenvalue weighted by molar-refractivity contribution is 0.396. The molecule has 0 amide bonds. The van der Waals surface area contributed by atoms with E-state index in [1.165, 1.54) is 6.07 Å². The van der Waals surface area contributed by atoms with Crippen molar-refractivity contribution in [3.63, 3.8) is 0 Å². The zero-order chi connectivity index (χ0) is 18.1. The summed E-state index contributed by atoms with van der Waals surface area (Å²) >= 11 is 0. The van der Waals surface area contributed by atoms with Gasteiger partial charge in [-0.1, -0.05) is 12.1 Å². The molecule has 5 nitrogen and oxygen atoms in total. The predicted octanol–water partition coefficient (Wildman–Crippen LogP) is 3.45. The highest BCUT2D eigenvalue weighted by Gasteiger charge is 2.03. The number of nitrogens with zero attached hydrogens (tertiary/aromatic N) is 2. The molecule has 0 aliphatic heterocycles. The molecule has 2 aromatic rings. The van der Waals surface area contributed by atoms with E-state index < -0.39 is 0 Å². The molecule has 0 unspecified atom stereocenters. The monoisotopic (exact) mass is 472 g/mol. The van der Waals surface area contributed by atoms with Crippen LogP contribution in [0.5, 0.6) is 5.88 Å². The summed E-state index contributed by atoms with van der Waals surface area (Å²) < 4.78 is 18.3. The molecule has 0 atom stereocenters. The lowest BCUT2D eigenvalue weighted by atomic mass is 10.1. The van der Waals surface area contributed by atoms with E-state index in [4.69, 9.17) is 4.74 Å². The molecule has 0 saturated heterocycles. The number of hydrogen-bond acceptors (Lipinski definition) is 3. The van der Waals surface area contributed by atoms with E-state index in [0.717, 1.165) is 35.7 Å². The second-order valence-corrected chi connectivity index (χ2v) is 5.61. The van der Waals surface area contributed by atoms with E-state index in [0.29, 0.717) is 19.0 Å². The predicted molar refractivity (Wildman–Crippen MR) is 114 cm³/mol. The zero-order valence-electron chi connectivity index (χ0n) is 15.4. The standard InChI is InChI=1S/C19H25FN4O.HI/c1-4-21-19(23-13-17-6-5-7-18(24-17)25-3)22-11-10-15-8-9-16(20)12-14(15)2;/h5-9,12H,4,10-11,13H2,1-3H3,(H2,21,22,23);1H. The molecule has 0 fully saturated rings. The van der Waals surface area contributed by atoms with Crippen LogP contribution in [-0.4, -0.2) is 31.1 Å². The summed E-state index contributed by atoms with van der Waals surface area (Å²) in [5, 5.41) is 6.51. The van der Waals surface area contributed by atoms with Crippen molar-refractivity contribution in [1.29, 1.82) is 0 Å². The molecule has 1 aromatic heterocycles. The number of methoxy groups -OCH3 is 1. The molecule has 7 heteroatoms. The Bertz CT molecular complexity index is 724. The third-order valence-corrected chi connectivity index (χ3v) is 3.73. The van der Waals surface area contributed by atoms with E-state index in [-0.39, 0.29) is 29.8 Å². The fourth-order valence-electron chi connectivity index (χ4n) is 2.42. The summed E-state index contributed by atoms with van der Waals surface area (Å²) in [5.41, 5.74) is 2.93. The molecule has 142 valence electrons. The van der Waals surface area contributed by atoms with E-state index in [1.807, 2.05) is 38.1 Å². The summed E-state index contributed by atoms with van der Waals surface area (Å²) in [6.07, 6.45) is 0.800. The van der Waals surface area contributed by atoms with Crippen LogP contribution in [0.15, 0.2) is 41.4 Å². The molecule has 1 aromatic carbocycles. The van der Waals surface area contributed by atoms with Crippen LogP contribution in [0.1, 0.15) is 23.7 Å². The Balaban J connectivity index is 0.00000338. The minimum atomic E-state index is -0.199. The quantitative estimate of drug-likeness (QED) is 0.368. The molecule has 1 heterocycles. The normalized spacial score (nSPS) is 10.8. The Morgan fingerprint density at radius 1 is 1.23 bits per heavy atom. The van der Waals surface area contributed by atoms with Crippen LogP contribution in [0.2, 0.25) is 0 Å². The highest BCUT2D eigenvalue weighted by atomic mass is 127. The fraction of sp³-hybridized carbons (Fsp3) is 0.368. The maximum Gasteiger partial charge on any atom is 0.213 e. The van der Waals surface area contributed by atoms with Crippen molar-refractivity contribution >= 4 is 29.9 Å². The van der Waals surface area contributed by atoms with Crippen LogP contribution in [0.3, 0.4) is 0 Å². The Morgan fingerprint density at radius 2 is 2.04 bits per heavy atom. The molecule has 26 heavy (non-hydrogen) atoms. The van der Waals surface area contributed by atoms with Gasteiger partial charge in [-0.05, 0) is 49.6 Å². The number of benzene rings is 1. The number of aromatic nitrogens is 1. The third kappa shape index (κ3) is 7.15. The fourth-order valence-corrected chi connectivity index (χ4v) is 2.42. The first kappa shape index (κ1) is 22.1. The maximum atomic E-state index is 13.2. The molecule has 0 spiro atoms. The van der Waals surface area contributed by atoms with Gasteiger partial charge in [-0.2, -0.15) is 0 Å².